The Labute approximate surface area is 65.8 Å². The maximum Gasteiger partial charge on any atom is 0.389 e. The highest BCUT2D eigenvalue weighted by atomic mass is 16.5. The molecule has 4 N–H and O–H groups in total. The smallest absolute Gasteiger partial charge is 0.389 e. The molecule has 0 aromatic rings. The van der Waals surface area contributed by atoms with Gasteiger partial charge >= 0.3 is 5.66 Å². The normalized spacial score (nSPS) is 25.4. The Morgan fingerprint density at radius 3 is 2.42 bits per heavy atom. The largest absolute Gasteiger partial charge is 0.693 e. The molecule has 1 aliphatic rings. The van der Waals surface area contributed by atoms with Crippen LogP contribution in [-0.2, 0) is 4.79 Å². The minimum atomic E-state index is -2.63. The highest BCUT2D eigenvalue weighted by Crippen LogP contribution is 2.16. The number of carbonyl (C=O) groups excluding carboxylic acids is 1. The third-order valence-corrected chi connectivity index (χ3v) is 1.03. The lowest BCUT2D eigenvalue weighted by atomic mass is 10.2. The van der Waals surface area contributed by atoms with E-state index in [0.717, 1.165) is 6.07 Å². The van der Waals surface area contributed by atoms with Crippen LogP contribution in [0, 0.1) is 16.5 Å². The van der Waals surface area contributed by atoms with Crippen molar-refractivity contribution < 1.29 is 14.8 Å². The summed E-state index contributed by atoms with van der Waals surface area (Å²) in [4.78, 5) is 9.75. The van der Waals surface area contributed by atoms with Gasteiger partial charge in [0.25, 0.3) is 0 Å². The Morgan fingerprint density at radius 2 is 2.25 bits per heavy atom. The van der Waals surface area contributed by atoms with Gasteiger partial charge in [-0.05, 0) is 0 Å². The van der Waals surface area contributed by atoms with Gasteiger partial charge in [-0.3, -0.25) is 0 Å². The summed E-state index contributed by atoms with van der Waals surface area (Å²) >= 11 is 0. The number of hydrogen-bond donors (Lipinski definition) is 1. The second kappa shape index (κ2) is 2.89. The molecule has 0 radical (unpaired) electrons. The number of rotatable bonds is 1. The molecule has 0 amide bonds. The summed E-state index contributed by atoms with van der Waals surface area (Å²) in [5.74, 6) is -1.94. The molecule has 1 heterocycles. The van der Waals surface area contributed by atoms with Crippen molar-refractivity contribution >= 4 is 5.97 Å². The van der Waals surface area contributed by atoms with Gasteiger partial charge in [0.1, 0.15) is 5.97 Å². The first-order chi connectivity index (χ1) is 5.13. The molecular weight excluding hydrogens is 168 g/mol. The molecule has 1 atom stereocenters. The quantitative estimate of drug-likeness (QED) is 0.382. The van der Waals surface area contributed by atoms with Gasteiger partial charge in [0.15, 0.2) is 11.3 Å². The Bertz CT molecular complexity index is 302. The number of quaternary nitrogens is 1. The van der Waals surface area contributed by atoms with Crippen LogP contribution >= 0.6 is 0 Å². The number of nitriles is 1. The Balaban J connectivity index is 0.00000121. The van der Waals surface area contributed by atoms with Gasteiger partial charge in [-0.1, -0.05) is 0 Å². The van der Waals surface area contributed by atoms with E-state index >= 15 is 0 Å². The Kier molecular flexibility index (Phi) is 2.39. The molecule has 1 unspecified atom stereocenters. The molecule has 0 aliphatic carbocycles. The van der Waals surface area contributed by atoms with Crippen molar-refractivity contribution in [3.8, 4) is 6.07 Å². The van der Waals surface area contributed by atoms with Crippen LogP contribution in [0.1, 0.15) is 0 Å². The first-order valence-electron chi connectivity index (χ1n) is 2.36. The summed E-state index contributed by atoms with van der Waals surface area (Å²) < 4.78 is 0. The summed E-state index contributed by atoms with van der Waals surface area (Å²) in [5.41, 5.74) is -2.63. The van der Waals surface area contributed by atoms with E-state index in [1.807, 2.05) is 0 Å². The predicted molar refractivity (Wildman–Crippen MR) is 30.2 cm³/mol. The van der Waals surface area contributed by atoms with Crippen molar-refractivity contribution in [2.24, 2.45) is 15.6 Å². The van der Waals surface area contributed by atoms with Gasteiger partial charge in [-0.2, -0.15) is 5.26 Å². The van der Waals surface area contributed by atoms with Crippen molar-refractivity contribution in [1.82, 2.24) is 6.15 Å². The van der Waals surface area contributed by atoms with Crippen LogP contribution in [0.25, 0.3) is 0 Å². The average Bonchev–Trinajstić information content (AvgIpc) is 2.32. The summed E-state index contributed by atoms with van der Waals surface area (Å²) in [6.45, 7) is 0. The number of hydroxylamine groups is 1. The van der Waals surface area contributed by atoms with Gasteiger partial charge in [0, 0.05) is 5.11 Å². The second-order valence-electron chi connectivity index (χ2n) is 1.62. The number of aliphatic carboxylic acids is 1. The van der Waals surface area contributed by atoms with Crippen LogP contribution in [0.15, 0.2) is 15.6 Å². The van der Waals surface area contributed by atoms with E-state index in [2.05, 4.69) is 15.6 Å². The van der Waals surface area contributed by atoms with Crippen molar-refractivity contribution in [3.05, 3.63) is 5.21 Å². The van der Waals surface area contributed by atoms with E-state index < -0.39 is 16.5 Å². The number of nitrogens with zero attached hydrogens (tertiary/aromatic N) is 5. The van der Waals surface area contributed by atoms with E-state index in [1.165, 1.54) is 0 Å². The van der Waals surface area contributed by atoms with E-state index in [9.17, 15) is 15.1 Å². The third-order valence-electron chi connectivity index (χ3n) is 1.03. The first-order valence-corrected chi connectivity index (χ1v) is 2.36. The topological polar surface area (TPSA) is 164 Å². The lowest BCUT2D eigenvalue weighted by Crippen LogP contribution is -2.50. The number of carbonyl (C=O) groups is 1. The lowest BCUT2D eigenvalue weighted by Gasteiger charge is -2.15. The molecule has 0 spiro atoms. The zero-order valence-corrected chi connectivity index (χ0v) is 5.96. The minimum absolute atomic E-state index is 0. The molecule has 1 aliphatic heterocycles. The summed E-state index contributed by atoms with van der Waals surface area (Å²) in [6, 6.07) is 1.12. The molecule has 0 aromatic heterocycles. The molecule has 12 heavy (non-hydrogen) atoms. The van der Waals surface area contributed by atoms with E-state index in [1.54, 1.807) is 0 Å². The lowest BCUT2D eigenvalue weighted by molar-refractivity contribution is -0.580. The highest BCUT2D eigenvalue weighted by molar-refractivity contribution is 5.78. The number of carboxylic acid groups (broad SMARTS) is 1. The predicted octanol–water partition coefficient (Wildman–Crippen LogP) is -1.32. The van der Waals surface area contributed by atoms with Crippen LogP contribution in [0.3, 0.4) is 0 Å². The van der Waals surface area contributed by atoms with Crippen LogP contribution in [0.2, 0.25) is 0 Å². The molecule has 9 heteroatoms. The third kappa shape index (κ3) is 0.956. The standard InChI is InChI=1S/C3HN5O3.H3N/c4-1-3(2(9)10)5-6-7-8(3)11;/h(H,9,10);1H3. The highest BCUT2D eigenvalue weighted by Gasteiger charge is 2.45. The Morgan fingerprint density at radius 1 is 1.67 bits per heavy atom. The second-order valence-corrected chi connectivity index (χ2v) is 1.62. The van der Waals surface area contributed by atoms with Gasteiger partial charge < -0.3 is 21.3 Å². The SMILES string of the molecule is N#CC1(C(=O)[O-])N=NN=[N+]1[O-].[NH4+]. The summed E-state index contributed by atoms with van der Waals surface area (Å²) in [7, 11) is 0. The molecule has 0 aromatic carbocycles. The van der Waals surface area contributed by atoms with Crippen LogP contribution in [0.5, 0.6) is 0 Å². The van der Waals surface area contributed by atoms with E-state index in [-0.39, 0.29) is 6.15 Å². The van der Waals surface area contributed by atoms with E-state index in [0.29, 0.717) is 0 Å². The number of hydrogen-bond acceptors (Lipinski definition) is 7. The molecule has 9 nitrogen and oxygen atoms in total. The molecule has 0 saturated carbocycles. The summed E-state index contributed by atoms with van der Waals surface area (Å²) in [5, 5.41) is 37.1. The molecular formula is C3H4N6O3. The fourth-order valence-corrected chi connectivity index (χ4v) is 0.454. The van der Waals surface area contributed by atoms with Crippen molar-refractivity contribution in [1.29, 1.82) is 5.26 Å². The van der Waals surface area contributed by atoms with Crippen LogP contribution in [-0.4, -0.2) is 16.5 Å². The fourth-order valence-electron chi connectivity index (χ4n) is 0.454. The zero-order valence-electron chi connectivity index (χ0n) is 5.96. The number of carboxylic acids is 1. The van der Waals surface area contributed by atoms with Gasteiger partial charge in [0.2, 0.25) is 5.22 Å². The van der Waals surface area contributed by atoms with Gasteiger partial charge in [-0.25, -0.2) is 0 Å². The summed E-state index contributed by atoms with van der Waals surface area (Å²) in [6.07, 6.45) is 0. The monoisotopic (exact) mass is 172 g/mol. The van der Waals surface area contributed by atoms with Crippen LogP contribution in [0.4, 0.5) is 0 Å². The zero-order chi connectivity index (χ0) is 8.48. The maximum atomic E-state index is 10.5. The maximum absolute atomic E-state index is 10.5. The average molecular weight is 172 g/mol. The van der Waals surface area contributed by atoms with Crippen LogP contribution < -0.4 is 11.3 Å². The fraction of sp³-hybridized carbons (Fsp3) is 0.333. The first kappa shape index (κ1) is 9.92. The van der Waals surface area contributed by atoms with Crippen molar-refractivity contribution in [3.63, 3.8) is 0 Å². The molecule has 64 valence electrons. The minimum Gasteiger partial charge on any atom is -0.693 e. The molecule has 0 saturated heterocycles. The molecule has 1 rings (SSSR count). The molecule has 0 fully saturated rings. The Hall–Kier alpha value is -2.08. The van der Waals surface area contributed by atoms with Crippen molar-refractivity contribution in [2.75, 3.05) is 0 Å². The van der Waals surface area contributed by atoms with Gasteiger partial charge in [0.05, 0.1) is 0 Å². The van der Waals surface area contributed by atoms with Crippen molar-refractivity contribution in [2.45, 2.75) is 5.66 Å². The van der Waals surface area contributed by atoms with E-state index in [4.69, 9.17) is 5.26 Å². The molecule has 0 bridgehead atoms. The van der Waals surface area contributed by atoms with Gasteiger partial charge in [-0.15, -0.1) is 4.86 Å².